The Bertz CT molecular complexity index is 516. The first-order valence-corrected chi connectivity index (χ1v) is 7.80. The van der Waals surface area contributed by atoms with Gasteiger partial charge in [-0.25, -0.2) is 0 Å². The second kappa shape index (κ2) is 6.22. The summed E-state index contributed by atoms with van der Waals surface area (Å²) >= 11 is 6.04. The van der Waals surface area contributed by atoms with Gasteiger partial charge in [0.2, 0.25) is 5.91 Å². The van der Waals surface area contributed by atoms with Crippen molar-refractivity contribution in [2.24, 2.45) is 5.92 Å². The quantitative estimate of drug-likeness (QED) is 0.859. The van der Waals surface area contributed by atoms with Crippen LogP contribution in [0.25, 0.3) is 0 Å². The largest absolute Gasteiger partial charge is 0.368 e. The van der Waals surface area contributed by atoms with Crippen LogP contribution in [0.4, 0.5) is 5.69 Å². The SMILES string of the molecule is CC1NNCC1C(=O)N1CCN(c2cccc(Cl)c2)CC1. The van der Waals surface area contributed by atoms with Crippen molar-refractivity contribution in [1.29, 1.82) is 0 Å². The Labute approximate surface area is 130 Å². The molecule has 1 amide bonds. The average Bonchev–Trinajstić information content (AvgIpc) is 2.93. The molecule has 2 heterocycles. The van der Waals surface area contributed by atoms with Crippen LogP contribution in [0.1, 0.15) is 6.92 Å². The van der Waals surface area contributed by atoms with E-state index in [4.69, 9.17) is 11.6 Å². The van der Waals surface area contributed by atoms with Crippen LogP contribution >= 0.6 is 11.6 Å². The molecule has 5 nitrogen and oxygen atoms in total. The van der Waals surface area contributed by atoms with Crippen molar-refractivity contribution in [2.45, 2.75) is 13.0 Å². The lowest BCUT2D eigenvalue weighted by atomic mass is 10.0. The molecule has 21 heavy (non-hydrogen) atoms. The molecule has 2 fully saturated rings. The number of hydrogen-bond acceptors (Lipinski definition) is 4. The van der Waals surface area contributed by atoms with E-state index in [0.717, 1.165) is 36.9 Å². The number of benzene rings is 1. The Morgan fingerprint density at radius 1 is 1.29 bits per heavy atom. The van der Waals surface area contributed by atoms with Gasteiger partial charge in [0.1, 0.15) is 0 Å². The van der Waals surface area contributed by atoms with Crippen LogP contribution in [0.15, 0.2) is 24.3 Å². The minimum atomic E-state index is 0.0442. The van der Waals surface area contributed by atoms with E-state index in [1.54, 1.807) is 0 Å². The maximum absolute atomic E-state index is 12.5. The van der Waals surface area contributed by atoms with Gasteiger partial charge < -0.3 is 9.80 Å². The fourth-order valence-corrected chi connectivity index (χ4v) is 3.19. The number of nitrogens with zero attached hydrogens (tertiary/aromatic N) is 2. The van der Waals surface area contributed by atoms with E-state index in [1.165, 1.54) is 0 Å². The van der Waals surface area contributed by atoms with Crippen LogP contribution in [-0.2, 0) is 4.79 Å². The highest BCUT2D eigenvalue weighted by Gasteiger charge is 2.34. The van der Waals surface area contributed by atoms with Crippen molar-refractivity contribution in [3.05, 3.63) is 29.3 Å². The zero-order valence-corrected chi connectivity index (χ0v) is 12.9. The molecule has 0 saturated carbocycles. The molecule has 114 valence electrons. The first-order valence-electron chi connectivity index (χ1n) is 7.43. The summed E-state index contributed by atoms with van der Waals surface area (Å²) in [6, 6.07) is 8.09. The Balaban J connectivity index is 1.59. The summed E-state index contributed by atoms with van der Waals surface area (Å²) in [4.78, 5) is 16.8. The zero-order valence-electron chi connectivity index (χ0n) is 12.2. The van der Waals surface area contributed by atoms with Gasteiger partial charge in [0.15, 0.2) is 0 Å². The van der Waals surface area contributed by atoms with Crippen molar-refractivity contribution in [1.82, 2.24) is 15.8 Å². The lowest BCUT2D eigenvalue weighted by Crippen LogP contribution is -2.51. The lowest BCUT2D eigenvalue weighted by Gasteiger charge is -2.37. The summed E-state index contributed by atoms with van der Waals surface area (Å²) in [5.41, 5.74) is 7.30. The topological polar surface area (TPSA) is 47.6 Å². The van der Waals surface area contributed by atoms with Gasteiger partial charge in [-0.05, 0) is 25.1 Å². The van der Waals surface area contributed by atoms with Gasteiger partial charge in [-0.15, -0.1) is 0 Å². The third-order valence-electron chi connectivity index (χ3n) is 4.34. The van der Waals surface area contributed by atoms with E-state index in [9.17, 15) is 4.79 Å². The molecule has 2 aliphatic heterocycles. The molecule has 0 radical (unpaired) electrons. The molecule has 0 aromatic heterocycles. The van der Waals surface area contributed by atoms with E-state index in [-0.39, 0.29) is 17.9 Å². The molecule has 2 saturated heterocycles. The van der Waals surface area contributed by atoms with Gasteiger partial charge in [0.05, 0.1) is 5.92 Å². The molecule has 2 N–H and O–H groups in total. The van der Waals surface area contributed by atoms with Crippen molar-refractivity contribution in [3.8, 4) is 0 Å². The summed E-state index contributed by atoms with van der Waals surface area (Å²) in [6.45, 7) is 6.02. The number of anilines is 1. The monoisotopic (exact) mass is 308 g/mol. The van der Waals surface area contributed by atoms with E-state index in [2.05, 4.69) is 21.8 Å². The van der Waals surface area contributed by atoms with Crippen LogP contribution in [-0.4, -0.2) is 49.6 Å². The van der Waals surface area contributed by atoms with E-state index in [0.29, 0.717) is 6.54 Å². The first kappa shape index (κ1) is 14.6. The summed E-state index contributed by atoms with van der Waals surface area (Å²) in [5, 5.41) is 0.753. The summed E-state index contributed by atoms with van der Waals surface area (Å²) in [5.74, 6) is 0.300. The minimum Gasteiger partial charge on any atom is -0.368 e. The fourth-order valence-electron chi connectivity index (χ4n) is 3.00. The van der Waals surface area contributed by atoms with Crippen molar-refractivity contribution >= 4 is 23.2 Å². The number of nitrogens with one attached hydrogen (secondary N) is 2. The minimum absolute atomic E-state index is 0.0442. The van der Waals surface area contributed by atoms with Gasteiger partial charge in [-0.3, -0.25) is 15.6 Å². The van der Waals surface area contributed by atoms with Crippen LogP contribution < -0.4 is 15.8 Å². The second-order valence-corrected chi connectivity index (χ2v) is 6.15. The van der Waals surface area contributed by atoms with E-state index >= 15 is 0 Å². The summed E-state index contributed by atoms with van der Waals surface area (Å²) in [6.07, 6.45) is 0. The maximum Gasteiger partial charge on any atom is 0.228 e. The van der Waals surface area contributed by atoms with E-state index < -0.39 is 0 Å². The zero-order chi connectivity index (χ0) is 14.8. The van der Waals surface area contributed by atoms with Gasteiger partial charge in [0.25, 0.3) is 0 Å². The molecule has 3 rings (SSSR count). The Hall–Kier alpha value is -1.30. The molecular formula is C15H21ClN4O. The number of carbonyl (C=O) groups excluding carboxylic acids is 1. The van der Waals surface area contributed by atoms with E-state index in [1.807, 2.05) is 30.0 Å². The molecule has 2 atom stereocenters. The van der Waals surface area contributed by atoms with Crippen molar-refractivity contribution in [2.75, 3.05) is 37.6 Å². The van der Waals surface area contributed by atoms with Crippen LogP contribution in [0.3, 0.4) is 0 Å². The molecule has 0 aliphatic carbocycles. The normalized spacial score (nSPS) is 26.2. The second-order valence-electron chi connectivity index (χ2n) is 5.71. The molecule has 0 spiro atoms. The van der Waals surface area contributed by atoms with Crippen molar-refractivity contribution in [3.63, 3.8) is 0 Å². The number of hydrazine groups is 1. The van der Waals surface area contributed by atoms with Gasteiger partial charge in [-0.1, -0.05) is 17.7 Å². The number of piperazine rings is 1. The van der Waals surface area contributed by atoms with Crippen molar-refractivity contribution < 1.29 is 4.79 Å². The first-order chi connectivity index (χ1) is 10.1. The molecule has 2 aliphatic rings. The highest BCUT2D eigenvalue weighted by Crippen LogP contribution is 2.21. The average molecular weight is 309 g/mol. The molecule has 2 unspecified atom stereocenters. The summed E-state index contributed by atoms with van der Waals surface area (Å²) < 4.78 is 0. The number of rotatable bonds is 2. The molecule has 6 heteroatoms. The fraction of sp³-hybridized carbons (Fsp3) is 0.533. The van der Waals surface area contributed by atoms with Gasteiger partial charge in [-0.2, -0.15) is 0 Å². The van der Waals surface area contributed by atoms with Gasteiger partial charge in [0, 0.05) is 49.5 Å². The predicted molar refractivity (Wildman–Crippen MR) is 84.3 cm³/mol. The van der Waals surface area contributed by atoms with Crippen LogP contribution in [0, 0.1) is 5.92 Å². The maximum atomic E-state index is 12.5. The molecule has 0 bridgehead atoms. The standard InChI is InChI=1S/C15H21ClN4O/c1-11-14(10-17-18-11)15(21)20-7-5-19(6-8-20)13-4-2-3-12(16)9-13/h2-4,9,11,14,17-18H,5-8,10H2,1H3. The van der Waals surface area contributed by atoms with Crippen LogP contribution in [0.2, 0.25) is 5.02 Å². The Morgan fingerprint density at radius 3 is 2.67 bits per heavy atom. The molecule has 1 aromatic rings. The third-order valence-corrected chi connectivity index (χ3v) is 4.57. The van der Waals surface area contributed by atoms with Gasteiger partial charge >= 0.3 is 0 Å². The Kier molecular flexibility index (Phi) is 4.33. The highest BCUT2D eigenvalue weighted by molar-refractivity contribution is 6.30. The molecule has 1 aromatic carbocycles. The Morgan fingerprint density at radius 2 is 2.05 bits per heavy atom. The lowest BCUT2D eigenvalue weighted by molar-refractivity contribution is -0.135. The third kappa shape index (κ3) is 3.15. The number of halogens is 1. The number of amides is 1. The number of carbonyl (C=O) groups is 1. The number of hydrogen-bond donors (Lipinski definition) is 2. The highest BCUT2D eigenvalue weighted by atomic mass is 35.5. The smallest absolute Gasteiger partial charge is 0.228 e. The molecular weight excluding hydrogens is 288 g/mol. The predicted octanol–water partition coefficient (Wildman–Crippen LogP) is 1.10. The van der Waals surface area contributed by atoms with Crippen LogP contribution in [0.5, 0.6) is 0 Å². The summed E-state index contributed by atoms with van der Waals surface area (Å²) in [7, 11) is 0.